The molecule has 115 valence electrons. The van der Waals surface area contributed by atoms with Gasteiger partial charge in [0.05, 0.1) is 0 Å². The van der Waals surface area contributed by atoms with E-state index in [1.54, 1.807) is 5.56 Å². The first kappa shape index (κ1) is 15.3. The second kappa shape index (κ2) is 6.28. The van der Waals surface area contributed by atoms with E-state index in [4.69, 9.17) is 0 Å². The third kappa shape index (κ3) is 3.43. The summed E-state index contributed by atoms with van der Waals surface area (Å²) in [6.45, 7) is 8.85. The Labute approximate surface area is 135 Å². The molecule has 0 amide bonds. The molecule has 2 atom stereocenters. The van der Waals surface area contributed by atoms with Crippen molar-refractivity contribution in [3.63, 3.8) is 0 Å². The summed E-state index contributed by atoms with van der Waals surface area (Å²) in [7, 11) is 0. The monoisotopic (exact) mass is 291 g/mol. The highest BCUT2D eigenvalue weighted by molar-refractivity contribution is 5.35. The molecule has 0 spiro atoms. The second-order valence-corrected chi connectivity index (χ2v) is 7.19. The highest BCUT2D eigenvalue weighted by Crippen LogP contribution is 2.41. The molecule has 22 heavy (non-hydrogen) atoms. The molecule has 1 aliphatic rings. The van der Waals surface area contributed by atoms with Crippen LogP contribution in [-0.2, 0) is 0 Å². The minimum absolute atomic E-state index is 0.609. The summed E-state index contributed by atoms with van der Waals surface area (Å²) in [6.07, 6.45) is 6.32. The Bertz CT molecular complexity index is 568. The van der Waals surface area contributed by atoms with Gasteiger partial charge in [-0.25, -0.2) is 0 Å². The molecule has 2 aromatic rings. The van der Waals surface area contributed by atoms with Gasteiger partial charge < -0.3 is 0 Å². The maximum Gasteiger partial charge on any atom is -0.0125 e. The normalized spacial score (nSPS) is 21.8. The summed E-state index contributed by atoms with van der Waals surface area (Å²) >= 11 is 0. The van der Waals surface area contributed by atoms with E-state index in [1.165, 1.54) is 47.1 Å². The van der Waals surface area contributed by atoms with Crippen molar-refractivity contribution >= 4 is 0 Å². The molecule has 3 rings (SSSR count). The molecule has 0 N–H and O–H groups in total. The number of rotatable bonds is 2. The van der Waals surface area contributed by atoms with Gasteiger partial charge in [0.1, 0.15) is 0 Å². The molecule has 0 aromatic heterocycles. The summed E-state index contributed by atoms with van der Waals surface area (Å²) in [4.78, 5) is 0. The second-order valence-electron chi connectivity index (χ2n) is 7.19. The number of hydrogen-bond acceptors (Lipinski definition) is 0. The van der Waals surface area contributed by atoms with Gasteiger partial charge in [-0.05, 0) is 76.3 Å². The number of hydrogen-bond donors (Lipinski definition) is 0. The summed E-state index contributed by atoms with van der Waals surface area (Å²) in [5.41, 5.74) is 8.61. The Morgan fingerprint density at radius 2 is 1.18 bits per heavy atom. The van der Waals surface area contributed by atoms with E-state index in [1.807, 2.05) is 0 Å². The van der Waals surface area contributed by atoms with Gasteiger partial charge in [-0.3, -0.25) is 0 Å². The molecule has 0 bridgehead atoms. The Kier molecular flexibility index (Phi) is 4.38. The Morgan fingerprint density at radius 3 is 1.73 bits per heavy atom. The van der Waals surface area contributed by atoms with Crippen LogP contribution in [0.5, 0.6) is 0 Å². The van der Waals surface area contributed by atoms with Crippen molar-refractivity contribution in [3.8, 4) is 0 Å². The standard InChI is InChI=1S/C22H27/c1-15-8-16(2)11-21(10-15)19-6-5-7-20(14-19)22-12-17(3)9-18(4)13-22/h6,8-13,19-20H,5,7,14H2,1-4H3. The minimum atomic E-state index is 0.609. The van der Waals surface area contributed by atoms with Crippen molar-refractivity contribution in [2.75, 3.05) is 0 Å². The summed E-state index contributed by atoms with van der Waals surface area (Å²) in [5.74, 6) is 1.31. The lowest BCUT2D eigenvalue weighted by Crippen LogP contribution is -2.14. The molecular weight excluding hydrogens is 264 g/mol. The van der Waals surface area contributed by atoms with E-state index >= 15 is 0 Å². The van der Waals surface area contributed by atoms with Crippen LogP contribution in [0.25, 0.3) is 0 Å². The fourth-order valence-electron chi connectivity index (χ4n) is 4.06. The van der Waals surface area contributed by atoms with Crippen LogP contribution in [-0.4, -0.2) is 0 Å². The molecule has 0 heterocycles. The topological polar surface area (TPSA) is 0 Å². The van der Waals surface area contributed by atoms with Gasteiger partial charge >= 0.3 is 0 Å². The van der Waals surface area contributed by atoms with Crippen molar-refractivity contribution in [2.45, 2.75) is 58.8 Å². The highest BCUT2D eigenvalue weighted by Gasteiger charge is 2.25. The molecule has 2 aromatic carbocycles. The third-order valence-electron chi connectivity index (χ3n) is 4.89. The van der Waals surface area contributed by atoms with Gasteiger partial charge in [0.2, 0.25) is 0 Å². The Balaban J connectivity index is 1.84. The Morgan fingerprint density at radius 1 is 0.682 bits per heavy atom. The van der Waals surface area contributed by atoms with Gasteiger partial charge in [0.15, 0.2) is 0 Å². The fourth-order valence-corrected chi connectivity index (χ4v) is 4.06. The molecular formula is C22H27. The summed E-state index contributed by atoms with van der Waals surface area (Å²) in [6, 6.07) is 14.1. The largest absolute Gasteiger partial charge is 0.0564 e. The van der Waals surface area contributed by atoms with Crippen LogP contribution in [0.3, 0.4) is 0 Å². The zero-order chi connectivity index (χ0) is 15.7. The number of benzene rings is 2. The third-order valence-corrected chi connectivity index (χ3v) is 4.89. The van der Waals surface area contributed by atoms with Crippen LogP contribution in [0, 0.1) is 34.1 Å². The van der Waals surface area contributed by atoms with E-state index in [0.29, 0.717) is 11.8 Å². The first-order valence-electron chi connectivity index (χ1n) is 8.51. The van der Waals surface area contributed by atoms with Crippen LogP contribution in [0.15, 0.2) is 36.4 Å². The summed E-state index contributed by atoms with van der Waals surface area (Å²) < 4.78 is 0. The highest BCUT2D eigenvalue weighted by atomic mass is 14.3. The smallest absolute Gasteiger partial charge is 0.0125 e. The maximum atomic E-state index is 2.54. The summed E-state index contributed by atoms with van der Waals surface area (Å²) in [5, 5.41) is 0. The van der Waals surface area contributed by atoms with E-state index in [0.717, 1.165) is 0 Å². The van der Waals surface area contributed by atoms with Crippen molar-refractivity contribution in [1.29, 1.82) is 0 Å². The van der Waals surface area contributed by atoms with Gasteiger partial charge in [0, 0.05) is 0 Å². The van der Waals surface area contributed by atoms with Crippen LogP contribution >= 0.6 is 0 Å². The zero-order valence-corrected chi connectivity index (χ0v) is 14.3. The molecule has 0 aliphatic heterocycles. The van der Waals surface area contributed by atoms with Crippen molar-refractivity contribution in [1.82, 2.24) is 0 Å². The molecule has 2 unspecified atom stereocenters. The maximum absolute atomic E-state index is 2.54. The molecule has 1 aliphatic carbocycles. The van der Waals surface area contributed by atoms with Crippen molar-refractivity contribution in [3.05, 3.63) is 76.2 Å². The molecule has 0 heteroatoms. The van der Waals surface area contributed by atoms with E-state index in [2.05, 4.69) is 70.5 Å². The molecule has 1 saturated carbocycles. The van der Waals surface area contributed by atoms with E-state index in [-0.39, 0.29) is 0 Å². The fraction of sp³-hybridized carbons (Fsp3) is 0.409. The van der Waals surface area contributed by atoms with Crippen molar-refractivity contribution in [2.24, 2.45) is 0 Å². The lowest BCUT2D eigenvalue weighted by Gasteiger charge is -2.30. The molecule has 1 fully saturated rings. The molecule has 0 nitrogen and oxygen atoms in total. The van der Waals surface area contributed by atoms with Gasteiger partial charge in [-0.15, -0.1) is 0 Å². The van der Waals surface area contributed by atoms with E-state index < -0.39 is 0 Å². The lowest BCUT2D eigenvalue weighted by atomic mass is 9.74. The average molecular weight is 291 g/mol. The molecule has 1 radical (unpaired) electrons. The van der Waals surface area contributed by atoms with Gasteiger partial charge in [0.25, 0.3) is 0 Å². The van der Waals surface area contributed by atoms with Crippen LogP contribution in [0.2, 0.25) is 0 Å². The van der Waals surface area contributed by atoms with E-state index in [9.17, 15) is 0 Å². The first-order valence-corrected chi connectivity index (χ1v) is 8.51. The quantitative estimate of drug-likeness (QED) is 0.620. The minimum Gasteiger partial charge on any atom is -0.0564 e. The van der Waals surface area contributed by atoms with Gasteiger partial charge in [-0.2, -0.15) is 0 Å². The number of aryl methyl sites for hydroxylation is 4. The van der Waals surface area contributed by atoms with Gasteiger partial charge in [-0.1, -0.05) is 58.7 Å². The van der Waals surface area contributed by atoms with Crippen LogP contribution < -0.4 is 0 Å². The first-order chi connectivity index (χ1) is 10.5. The average Bonchev–Trinajstić information content (AvgIpc) is 2.45. The van der Waals surface area contributed by atoms with Crippen LogP contribution in [0.1, 0.15) is 64.5 Å². The molecule has 0 saturated heterocycles. The van der Waals surface area contributed by atoms with Crippen molar-refractivity contribution < 1.29 is 0 Å². The predicted molar refractivity (Wildman–Crippen MR) is 95.5 cm³/mol. The SMILES string of the molecule is Cc1cc(C)cc(C2[CH]CCC(c3cc(C)cc(C)c3)C2)c1. The Hall–Kier alpha value is -1.56. The lowest BCUT2D eigenvalue weighted by molar-refractivity contribution is 0.466. The zero-order valence-electron chi connectivity index (χ0n) is 14.3. The predicted octanol–water partition coefficient (Wildman–Crippen LogP) is 6.18. The van der Waals surface area contributed by atoms with Crippen LogP contribution in [0.4, 0.5) is 0 Å².